The molecule has 1 atom stereocenters. The second-order valence-corrected chi connectivity index (χ2v) is 8.99. The minimum atomic E-state index is -1.27. The molecule has 0 amide bonds. The predicted molar refractivity (Wildman–Crippen MR) is 83.0 cm³/mol. The molecule has 0 aliphatic carbocycles. The maximum absolute atomic E-state index is 10.4. The van der Waals surface area contributed by atoms with Gasteiger partial charge in [-0.2, -0.15) is 5.06 Å². The molecular formula is C14H29NO5Sn+2. The molecule has 0 aromatic carbocycles. The molecule has 0 spiro atoms. The van der Waals surface area contributed by atoms with Crippen LogP contribution in [0, 0.1) is 0 Å². The zero-order valence-corrected chi connectivity index (χ0v) is 16.2. The third-order valence-electron chi connectivity index (χ3n) is 2.74. The Bertz CT molecular complexity index is 270. The van der Waals surface area contributed by atoms with Gasteiger partial charge in [0.05, 0.1) is 0 Å². The van der Waals surface area contributed by atoms with Crippen molar-refractivity contribution in [3.05, 3.63) is 0 Å². The van der Waals surface area contributed by atoms with E-state index in [0.29, 0.717) is 5.06 Å². The molecule has 0 heterocycles. The van der Waals surface area contributed by atoms with Gasteiger partial charge in [-0.3, -0.25) is 9.59 Å². The Hall–Kier alpha value is -0.341. The molecule has 0 radical (unpaired) electrons. The molecule has 3 N–H and O–H groups in total. The summed E-state index contributed by atoms with van der Waals surface area (Å²) in [6.45, 7) is 5.44. The van der Waals surface area contributed by atoms with Crippen LogP contribution in [0.1, 0.15) is 52.9 Å². The van der Waals surface area contributed by atoms with Gasteiger partial charge >= 0.3 is 81.5 Å². The zero-order valence-electron chi connectivity index (χ0n) is 13.3. The average molecular weight is 410 g/mol. The van der Waals surface area contributed by atoms with Crippen molar-refractivity contribution < 1.29 is 25.0 Å². The monoisotopic (exact) mass is 411 g/mol. The second-order valence-electron chi connectivity index (χ2n) is 4.71. The fourth-order valence-corrected chi connectivity index (χ4v) is 5.65. The molecule has 6 nitrogen and oxygen atoms in total. The SMILES string of the molecule is CCC(C(=O)O)N(O)CC(=O)O.CCC[CH2][Sn+2][CH2]CCC. The van der Waals surface area contributed by atoms with E-state index in [2.05, 4.69) is 13.8 Å². The molecule has 0 aromatic rings. The molecule has 0 saturated carbocycles. The van der Waals surface area contributed by atoms with Crippen LogP contribution in [-0.2, 0) is 9.59 Å². The van der Waals surface area contributed by atoms with Gasteiger partial charge in [0.1, 0.15) is 12.6 Å². The fourth-order valence-electron chi connectivity index (χ4n) is 1.49. The molecule has 1 unspecified atom stereocenters. The molecule has 7 heteroatoms. The van der Waals surface area contributed by atoms with Gasteiger partial charge in [0.25, 0.3) is 0 Å². The Morgan fingerprint density at radius 2 is 1.52 bits per heavy atom. The van der Waals surface area contributed by atoms with Crippen molar-refractivity contribution >= 4 is 33.1 Å². The van der Waals surface area contributed by atoms with Gasteiger partial charge in [-0.05, 0) is 6.42 Å². The first-order valence-electron chi connectivity index (χ1n) is 7.51. The number of nitrogens with zero attached hydrogens (tertiary/aromatic N) is 1. The van der Waals surface area contributed by atoms with E-state index < -0.39 is 24.5 Å². The third kappa shape index (κ3) is 15.9. The molecule has 0 saturated heterocycles. The Morgan fingerprint density at radius 1 is 1.05 bits per heavy atom. The van der Waals surface area contributed by atoms with Crippen molar-refractivity contribution in [2.75, 3.05) is 6.54 Å². The van der Waals surface area contributed by atoms with E-state index in [1.54, 1.807) is 15.8 Å². The number of hydrogen-bond donors (Lipinski definition) is 3. The van der Waals surface area contributed by atoms with E-state index >= 15 is 0 Å². The topological polar surface area (TPSA) is 98.1 Å². The minimum absolute atomic E-state index is 0.149. The van der Waals surface area contributed by atoms with Crippen LogP contribution in [0.4, 0.5) is 0 Å². The van der Waals surface area contributed by atoms with E-state index in [1.165, 1.54) is 25.7 Å². The number of carbonyl (C=O) groups is 2. The van der Waals surface area contributed by atoms with E-state index in [1.807, 2.05) is 0 Å². The quantitative estimate of drug-likeness (QED) is 0.275. The van der Waals surface area contributed by atoms with Crippen molar-refractivity contribution in [3.8, 4) is 0 Å². The summed E-state index contributed by atoms with van der Waals surface area (Å²) in [6.07, 6.45) is 5.99. The maximum atomic E-state index is 10.4. The van der Waals surface area contributed by atoms with Crippen LogP contribution in [0.5, 0.6) is 0 Å². The van der Waals surface area contributed by atoms with Crippen molar-refractivity contribution in [2.45, 2.75) is 67.8 Å². The van der Waals surface area contributed by atoms with Gasteiger partial charge in [-0.15, -0.1) is 0 Å². The second kappa shape index (κ2) is 16.0. The number of hydrogen-bond acceptors (Lipinski definition) is 4. The van der Waals surface area contributed by atoms with Crippen LogP contribution >= 0.6 is 0 Å². The summed E-state index contributed by atoms with van der Waals surface area (Å²) in [5.41, 5.74) is 0. The standard InChI is InChI=1S/C6H11NO5.2C4H9.Sn/c1-2-4(6(10)11)7(12)3-5(8)9;2*1-3-4-2;/h4,12H,2-3H2,1H3,(H,8,9)(H,10,11);2*1,3-4H2,2H3;/q;;;+2. The third-order valence-corrected chi connectivity index (χ3v) is 6.78. The Labute approximate surface area is 137 Å². The van der Waals surface area contributed by atoms with Crippen LogP contribution < -0.4 is 0 Å². The Kier molecular flexibility index (Phi) is 17.5. The van der Waals surface area contributed by atoms with Crippen molar-refractivity contribution in [2.24, 2.45) is 0 Å². The molecule has 0 rings (SSSR count). The molecule has 0 fully saturated rings. The molecular weight excluding hydrogens is 381 g/mol. The molecule has 0 aromatic heterocycles. The number of carboxylic acids is 2. The number of unbranched alkanes of at least 4 members (excludes halogenated alkanes) is 2. The summed E-state index contributed by atoms with van der Waals surface area (Å²) in [5.74, 6) is -2.50. The average Bonchev–Trinajstić information content (AvgIpc) is 2.39. The summed E-state index contributed by atoms with van der Waals surface area (Å²) >= 11 is 0.149. The van der Waals surface area contributed by atoms with Gasteiger partial charge in [0, 0.05) is 0 Å². The first-order chi connectivity index (χ1) is 9.90. The van der Waals surface area contributed by atoms with Gasteiger partial charge in [-0.1, -0.05) is 6.92 Å². The van der Waals surface area contributed by atoms with Crippen LogP contribution in [0.15, 0.2) is 0 Å². The van der Waals surface area contributed by atoms with Gasteiger partial charge in [0.15, 0.2) is 0 Å². The van der Waals surface area contributed by atoms with Crippen molar-refractivity contribution in [3.63, 3.8) is 0 Å². The van der Waals surface area contributed by atoms with E-state index in [9.17, 15) is 9.59 Å². The summed E-state index contributed by atoms with van der Waals surface area (Å²) in [7, 11) is 0. The van der Waals surface area contributed by atoms with Crippen molar-refractivity contribution in [1.29, 1.82) is 0 Å². The summed E-state index contributed by atoms with van der Waals surface area (Å²) in [5, 5.41) is 25.9. The van der Waals surface area contributed by atoms with Gasteiger partial charge < -0.3 is 15.4 Å². The number of carboxylic acid groups (broad SMARTS) is 2. The molecule has 0 bridgehead atoms. The Morgan fingerprint density at radius 3 is 1.81 bits per heavy atom. The first-order valence-corrected chi connectivity index (χ1v) is 11.5. The molecule has 122 valence electrons. The number of aliphatic carboxylic acids is 2. The summed E-state index contributed by atoms with van der Waals surface area (Å²) < 4.78 is 3.25. The van der Waals surface area contributed by atoms with Crippen LogP contribution in [0.2, 0.25) is 8.87 Å². The summed E-state index contributed by atoms with van der Waals surface area (Å²) in [6, 6.07) is -1.15. The van der Waals surface area contributed by atoms with E-state index in [0.717, 1.165) is 0 Å². The number of hydroxylamine groups is 2. The van der Waals surface area contributed by atoms with Crippen LogP contribution in [-0.4, -0.2) is 66.2 Å². The fraction of sp³-hybridized carbons (Fsp3) is 0.857. The van der Waals surface area contributed by atoms with E-state index in [-0.39, 0.29) is 27.6 Å². The number of rotatable bonds is 11. The van der Waals surface area contributed by atoms with Crippen LogP contribution in [0.3, 0.4) is 0 Å². The van der Waals surface area contributed by atoms with Crippen molar-refractivity contribution in [1.82, 2.24) is 5.06 Å². The first kappa shape index (κ1) is 22.9. The summed E-state index contributed by atoms with van der Waals surface area (Å²) in [4.78, 5) is 20.4. The molecule has 0 aliphatic rings. The normalized spacial score (nSPS) is 11.3. The van der Waals surface area contributed by atoms with Gasteiger partial charge in [-0.25, -0.2) is 0 Å². The Balaban J connectivity index is 0. The molecule has 0 aliphatic heterocycles. The predicted octanol–water partition coefficient (Wildman–Crippen LogP) is 2.75. The zero-order chi connectivity index (χ0) is 16.7. The molecule has 21 heavy (non-hydrogen) atoms. The van der Waals surface area contributed by atoms with E-state index in [4.69, 9.17) is 15.4 Å². The van der Waals surface area contributed by atoms with Crippen LogP contribution in [0.25, 0.3) is 0 Å². The van der Waals surface area contributed by atoms with Gasteiger partial charge in [0.2, 0.25) is 0 Å².